The van der Waals surface area contributed by atoms with Crippen molar-refractivity contribution in [1.82, 2.24) is 10.3 Å². The highest BCUT2D eigenvalue weighted by Gasteiger charge is 2.14. The summed E-state index contributed by atoms with van der Waals surface area (Å²) in [6.07, 6.45) is 1.10. The molecule has 6 nitrogen and oxygen atoms in total. The lowest BCUT2D eigenvalue weighted by atomic mass is 10.1. The molecule has 0 radical (unpaired) electrons. The number of nitrogens with one attached hydrogen (secondary N) is 3. The van der Waals surface area contributed by atoms with Gasteiger partial charge in [-0.15, -0.1) is 0 Å². The quantitative estimate of drug-likeness (QED) is 0.642. The van der Waals surface area contributed by atoms with Crippen molar-refractivity contribution in [3.63, 3.8) is 0 Å². The highest BCUT2D eigenvalue weighted by atomic mass is 32.2. The third-order valence-corrected chi connectivity index (χ3v) is 4.67. The number of carbonyl (C=O) groups is 1. The van der Waals surface area contributed by atoms with Crippen LogP contribution < -0.4 is 10.0 Å². The number of rotatable bonds is 5. The molecule has 26 heavy (non-hydrogen) atoms. The number of carbonyl (C=O) groups excluding carboxylic acids is 1. The number of amides is 1. The maximum absolute atomic E-state index is 12.5. The predicted molar refractivity (Wildman–Crippen MR) is 104 cm³/mol. The first-order chi connectivity index (χ1) is 12.2. The van der Waals surface area contributed by atoms with E-state index in [1.165, 1.54) is 0 Å². The Morgan fingerprint density at radius 2 is 1.88 bits per heavy atom. The Labute approximate surface area is 152 Å². The van der Waals surface area contributed by atoms with Crippen LogP contribution in [0, 0.1) is 6.92 Å². The number of fused-ring (bicyclic) bond motifs is 1. The van der Waals surface area contributed by atoms with Crippen molar-refractivity contribution in [2.75, 3.05) is 11.0 Å². The third-order valence-electron chi connectivity index (χ3n) is 4.06. The van der Waals surface area contributed by atoms with Gasteiger partial charge in [-0.2, -0.15) is 0 Å². The fourth-order valence-corrected chi connectivity index (χ4v) is 3.36. The topological polar surface area (TPSA) is 91.1 Å². The minimum Gasteiger partial charge on any atom is -0.351 e. The van der Waals surface area contributed by atoms with Gasteiger partial charge in [0.15, 0.2) is 0 Å². The second-order valence-electron chi connectivity index (χ2n) is 6.47. The van der Waals surface area contributed by atoms with E-state index >= 15 is 0 Å². The molecule has 0 saturated heterocycles. The van der Waals surface area contributed by atoms with Crippen LogP contribution in [0.4, 0.5) is 5.69 Å². The van der Waals surface area contributed by atoms with E-state index < -0.39 is 10.0 Å². The van der Waals surface area contributed by atoms with Crippen LogP contribution in [0.3, 0.4) is 0 Å². The van der Waals surface area contributed by atoms with Crippen molar-refractivity contribution < 1.29 is 13.2 Å². The van der Waals surface area contributed by atoms with Crippen LogP contribution in [-0.4, -0.2) is 25.6 Å². The van der Waals surface area contributed by atoms with Crippen LogP contribution >= 0.6 is 0 Å². The highest BCUT2D eigenvalue weighted by molar-refractivity contribution is 7.92. The molecule has 1 unspecified atom stereocenters. The lowest BCUT2D eigenvalue weighted by Crippen LogP contribution is -2.27. The van der Waals surface area contributed by atoms with Crippen LogP contribution in [0.15, 0.2) is 48.5 Å². The van der Waals surface area contributed by atoms with Gasteiger partial charge in [0.25, 0.3) is 5.91 Å². The van der Waals surface area contributed by atoms with Gasteiger partial charge in [0, 0.05) is 16.6 Å². The van der Waals surface area contributed by atoms with E-state index in [0.717, 1.165) is 28.3 Å². The van der Waals surface area contributed by atoms with Crippen LogP contribution in [0.5, 0.6) is 0 Å². The number of benzene rings is 2. The van der Waals surface area contributed by atoms with Gasteiger partial charge < -0.3 is 10.3 Å². The van der Waals surface area contributed by atoms with E-state index in [1.807, 2.05) is 44.2 Å². The monoisotopic (exact) mass is 371 g/mol. The Morgan fingerprint density at radius 1 is 1.12 bits per heavy atom. The first-order valence-electron chi connectivity index (χ1n) is 8.19. The van der Waals surface area contributed by atoms with Gasteiger partial charge in [0.1, 0.15) is 5.69 Å². The SMILES string of the molecule is Cc1ccc2cc(C(=O)NC(C)c3cccc(NS(C)(=O)=O)c3)[nH]c2c1. The van der Waals surface area contributed by atoms with Crippen LogP contribution in [0.2, 0.25) is 0 Å². The summed E-state index contributed by atoms with van der Waals surface area (Å²) in [6, 6.07) is 14.5. The molecule has 1 aromatic heterocycles. The van der Waals surface area contributed by atoms with Crippen molar-refractivity contribution in [1.29, 1.82) is 0 Å². The molecule has 1 atom stereocenters. The van der Waals surface area contributed by atoms with Gasteiger partial charge in [-0.3, -0.25) is 9.52 Å². The molecule has 3 N–H and O–H groups in total. The number of sulfonamides is 1. The fourth-order valence-electron chi connectivity index (χ4n) is 2.81. The molecule has 3 aromatic rings. The third kappa shape index (κ3) is 4.23. The van der Waals surface area contributed by atoms with Crippen LogP contribution in [0.1, 0.15) is 34.6 Å². The summed E-state index contributed by atoms with van der Waals surface area (Å²) in [5.74, 6) is -0.215. The summed E-state index contributed by atoms with van der Waals surface area (Å²) in [5, 5.41) is 3.91. The first-order valence-corrected chi connectivity index (χ1v) is 10.1. The Morgan fingerprint density at radius 3 is 2.62 bits per heavy atom. The summed E-state index contributed by atoms with van der Waals surface area (Å²) in [5.41, 5.74) is 3.80. The molecule has 2 aromatic carbocycles. The molecule has 3 rings (SSSR count). The van der Waals surface area contributed by atoms with Gasteiger partial charge in [-0.05, 0) is 49.2 Å². The van der Waals surface area contributed by atoms with Gasteiger partial charge in [-0.25, -0.2) is 8.42 Å². The number of aryl methyl sites for hydroxylation is 1. The number of hydrogen-bond donors (Lipinski definition) is 3. The molecular weight excluding hydrogens is 350 g/mol. The smallest absolute Gasteiger partial charge is 0.268 e. The average Bonchev–Trinajstić information content (AvgIpc) is 2.96. The second-order valence-corrected chi connectivity index (χ2v) is 8.22. The fraction of sp³-hybridized carbons (Fsp3) is 0.211. The van der Waals surface area contributed by atoms with Crippen molar-refractivity contribution in [3.05, 3.63) is 65.4 Å². The Bertz CT molecular complexity index is 1070. The van der Waals surface area contributed by atoms with Gasteiger partial charge in [-0.1, -0.05) is 24.3 Å². The first kappa shape index (κ1) is 18.0. The molecule has 7 heteroatoms. The molecule has 1 heterocycles. The summed E-state index contributed by atoms with van der Waals surface area (Å²) < 4.78 is 25.2. The zero-order valence-corrected chi connectivity index (χ0v) is 15.6. The maximum Gasteiger partial charge on any atom is 0.268 e. The second kappa shape index (κ2) is 6.84. The van der Waals surface area contributed by atoms with Crippen molar-refractivity contribution in [2.24, 2.45) is 0 Å². The lowest BCUT2D eigenvalue weighted by molar-refractivity contribution is 0.0935. The molecule has 0 bridgehead atoms. The minimum atomic E-state index is -3.35. The molecule has 0 aliphatic heterocycles. The van der Waals surface area contributed by atoms with E-state index in [4.69, 9.17) is 0 Å². The molecule has 0 spiro atoms. The zero-order valence-electron chi connectivity index (χ0n) is 14.8. The largest absolute Gasteiger partial charge is 0.351 e. The molecule has 0 saturated carbocycles. The minimum absolute atomic E-state index is 0.215. The van der Waals surface area contributed by atoms with E-state index in [0.29, 0.717) is 11.4 Å². The number of hydrogen-bond acceptors (Lipinski definition) is 3. The Hall–Kier alpha value is -2.80. The lowest BCUT2D eigenvalue weighted by Gasteiger charge is -2.15. The number of H-pyrrole nitrogens is 1. The molecule has 1 amide bonds. The number of aromatic amines is 1. The van der Waals surface area contributed by atoms with Crippen LogP contribution in [0.25, 0.3) is 10.9 Å². The Kier molecular flexibility index (Phi) is 4.73. The van der Waals surface area contributed by atoms with Gasteiger partial charge >= 0.3 is 0 Å². The van der Waals surface area contributed by atoms with E-state index in [2.05, 4.69) is 15.0 Å². The zero-order chi connectivity index (χ0) is 18.9. The highest BCUT2D eigenvalue weighted by Crippen LogP contribution is 2.20. The van der Waals surface area contributed by atoms with E-state index in [1.54, 1.807) is 18.2 Å². The normalized spacial score (nSPS) is 12.7. The van der Waals surface area contributed by atoms with Crippen LogP contribution in [-0.2, 0) is 10.0 Å². The van der Waals surface area contributed by atoms with Gasteiger partial charge in [0.05, 0.1) is 12.3 Å². The van der Waals surface area contributed by atoms with Crippen molar-refractivity contribution >= 4 is 32.5 Å². The number of anilines is 1. The summed E-state index contributed by atoms with van der Waals surface area (Å²) in [4.78, 5) is 15.7. The average molecular weight is 371 g/mol. The van der Waals surface area contributed by atoms with Gasteiger partial charge in [0.2, 0.25) is 10.0 Å². The van der Waals surface area contributed by atoms with E-state index in [-0.39, 0.29) is 11.9 Å². The van der Waals surface area contributed by atoms with E-state index in [9.17, 15) is 13.2 Å². The standard InChI is InChI=1S/C19H21N3O3S/c1-12-7-8-15-11-18(21-17(15)9-12)19(23)20-13(2)14-5-4-6-16(10-14)22-26(3,24)25/h4-11,13,21-22H,1-3H3,(H,20,23). The molecule has 136 valence electrons. The molecule has 0 fully saturated rings. The Balaban J connectivity index is 1.77. The summed E-state index contributed by atoms with van der Waals surface area (Å²) in [6.45, 7) is 3.85. The van der Waals surface area contributed by atoms with Crippen molar-refractivity contribution in [2.45, 2.75) is 19.9 Å². The predicted octanol–water partition coefficient (Wildman–Crippen LogP) is 3.34. The molecular formula is C19H21N3O3S. The van der Waals surface area contributed by atoms with Crippen molar-refractivity contribution in [3.8, 4) is 0 Å². The molecule has 0 aliphatic carbocycles. The number of aromatic nitrogens is 1. The molecule has 0 aliphatic rings. The summed E-state index contributed by atoms with van der Waals surface area (Å²) >= 11 is 0. The maximum atomic E-state index is 12.5. The summed E-state index contributed by atoms with van der Waals surface area (Å²) in [7, 11) is -3.35.